The Kier molecular flexibility index (Phi) is 5.74. The van der Waals surface area contributed by atoms with E-state index in [-0.39, 0.29) is 0 Å². The van der Waals surface area contributed by atoms with Gasteiger partial charge in [0.25, 0.3) is 0 Å². The van der Waals surface area contributed by atoms with Crippen LogP contribution in [0.5, 0.6) is 0 Å². The first-order valence-electron chi connectivity index (χ1n) is 9.18. The Bertz CT molecular complexity index is 704. The highest BCUT2D eigenvalue weighted by atomic mass is 15.3. The number of guanidine groups is 1. The fourth-order valence-corrected chi connectivity index (χ4v) is 3.37. The van der Waals surface area contributed by atoms with E-state index < -0.39 is 0 Å². The fraction of sp³-hybridized carbons (Fsp3) is 0.500. The lowest BCUT2D eigenvalue weighted by molar-refractivity contribution is 0.554. The quantitative estimate of drug-likeness (QED) is 0.463. The first-order chi connectivity index (χ1) is 12.2. The van der Waals surface area contributed by atoms with Crippen LogP contribution in [0, 0.1) is 19.8 Å². The third-order valence-electron chi connectivity index (χ3n) is 4.85. The molecule has 25 heavy (non-hydrogen) atoms. The Morgan fingerprint density at radius 2 is 2.04 bits per heavy atom. The molecule has 3 rings (SSSR count). The van der Waals surface area contributed by atoms with Crippen molar-refractivity contribution in [2.45, 2.75) is 39.2 Å². The predicted molar refractivity (Wildman–Crippen MR) is 103 cm³/mol. The normalized spacial score (nSPS) is 19.7. The number of rotatable bonds is 7. The molecule has 0 radical (unpaired) electrons. The molecule has 1 fully saturated rings. The summed E-state index contributed by atoms with van der Waals surface area (Å²) in [6.07, 6.45) is 2.30. The van der Waals surface area contributed by atoms with Gasteiger partial charge in [-0.05, 0) is 50.2 Å². The van der Waals surface area contributed by atoms with Gasteiger partial charge in [0.1, 0.15) is 0 Å². The van der Waals surface area contributed by atoms with E-state index in [1.807, 2.05) is 14.0 Å². The summed E-state index contributed by atoms with van der Waals surface area (Å²) in [4.78, 5) is 4.32. The molecule has 0 saturated heterocycles. The second kappa shape index (κ2) is 8.19. The highest BCUT2D eigenvalue weighted by molar-refractivity contribution is 5.79. The van der Waals surface area contributed by atoms with Crippen LogP contribution in [0.25, 0.3) is 0 Å². The van der Waals surface area contributed by atoms with Gasteiger partial charge >= 0.3 is 0 Å². The maximum absolute atomic E-state index is 4.49. The van der Waals surface area contributed by atoms with E-state index in [1.54, 1.807) is 0 Å². The molecule has 2 aromatic rings. The lowest BCUT2D eigenvalue weighted by Gasteiger charge is -2.12. The molecule has 2 atom stereocenters. The van der Waals surface area contributed by atoms with Crippen LogP contribution in [-0.2, 0) is 6.54 Å². The average molecular weight is 339 g/mol. The standard InChI is InChI=1S/C20H29N5/c1-15-12-16(2)25(24-15)11-7-10-22-20(21-3)23-14-18-13-19(18)17-8-5-4-6-9-17/h4-6,8-9,12,18-19H,7,10-11,13-14H2,1-3H3,(H2,21,22,23). The van der Waals surface area contributed by atoms with E-state index in [0.29, 0.717) is 5.92 Å². The molecule has 1 aromatic carbocycles. The van der Waals surface area contributed by atoms with E-state index >= 15 is 0 Å². The first kappa shape index (κ1) is 17.5. The molecule has 0 spiro atoms. The van der Waals surface area contributed by atoms with Crippen molar-refractivity contribution >= 4 is 5.96 Å². The summed E-state index contributed by atoms with van der Waals surface area (Å²) < 4.78 is 2.07. The SMILES string of the molecule is CN=C(NCCCn1nc(C)cc1C)NCC1CC1c1ccccc1. The van der Waals surface area contributed by atoms with Crippen molar-refractivity contribution in [3.63, 3.8) is 0 Å². The van der Waals surface area contributed by atoms with E-state index in [9.17, 15) is 0 Å². The average Bonchev–Trinajstić information content (AvgIpc) is 3.33. The zero-order valence-corrected chi connectivity index (χ0v) is 15.5. The Labute approximate surface area is 150 Å². The number of nitrogens with one attached hydrogen (secondary N) is 2. The summed E-state index contributed by atoms with van der Waals surface area (Å²) >= 11 is 0. The molecule has 1 heterocycles. The van der Waals surface area contributed by atoms with E-state index in [1.165, 1.54) is 17.7 Å². The van der Waals surface area contributed by atoms with Crippen molar-refractivity contribution in [3.8, 4) is 0 Å². The smallest absolute Gasteiger partial charge is 0.190 e. The summed E-state index contributed by atoms with van der Waals surface area (Å²) in [5.41, 5.74) is 3.77. The summed E-state index contributed by atoms with van der Waals surface area (Å²) in [6, 6.07) is 12.9. The minimum absolute atomic E-state index is 0.706. The van der Waals surface area contributed by atoms with Crippen LogP contribution >= 0.6 is 0 Å². The first-order valence-corrected chi connectivity index (χ1v) is 9.18. The summed E-state index contributed by atoms with van der Waals surface area (Å²) in [6.45, 7) is 6.95. The van der Waals surface area contributed by atoms with Crippen LogP contribution in [0.3, 0.4) is 0 Å². The third kappa shape index (κ3) is 4.84. The lowest BCUT2D eigenvalue weighted by atomic mass is 10.1. The summed E-state index contributed by atoms with van der Waals surface area (Å²) in [5.74, 6) is 2.32. The van der Waals surface area contributed by atoms with Gasteiger partial charge in [-0.15, -0.1) is 0 Å². The van der Waals surface area contributed by atoms with Gasteiger partial charge in [-0.2, -0.15) is 5.10 Å². The molecular weight excluding hydrogens is 310 g/mol. The van der Waals surface area contributed by atoms with Crippen LogP contribution in [0.4, 0.5) is 0 Å². The monoisotopic (exact) mass is 339 g/mol. The number of benzene rings is 1. The maximum Gasteiger partial charge on any atom is 0.190 e. The van der Waals surface area contributed by atoms with Crippen molar-refractivity contribution < 1.29 is 0 Å². The molecule has 1 aromatic heterocycles. The van der Waals surface area contributed by atoms with Gasteiger partial charge < -0.3 is 10.6 Å². The minimum atomic E-state index is 0.706. The lowest BCUT2D eigenvalue weighted by Crippen LogP contribution is -2.39. The predicted octanol–water partition coefficient (Wildman–Crippen LogP) is 2.86. The Morgan fingerprint density at radius 3 is 2.72 bits per heavy atom. The summed E-state index contributed by atoms with van der Waals surface area (Å²) in [5, 5.41) is 11.4. The van der Waals surface area contributed by atoms with Gasteiger partial charge in [0, 0.05) is 32.4 Å². The van der Waals surface area contributed by atoms with Gasteiger partial charge in [-0.3, -0.25) is 9.67 Å². The number of hydrogen-bond acceptors (Lipinski definition) is 2. The Balaban J connectivity index is 1.34. The topological polar surface area (TPSA) is 54.2 Å². The maximum atomic E-state index is 4.49. The van der Waals surface area contributed by atoms with Crippen LogP contribution in [-0.4, -0.2) is 35.9 Å². The molecule has 1 saturated carbocycles. The number of aliphatic imine (C=N–C) groups is 1. The van der Waals surface area contributed by atoms with Crippen molar-refractivity contribution in [2.24, 2.45) is 10.9 Å². The third-order valence-corrected chi connectivity index (χ3v) is 4.85. The van der Waals surface area contributed by atoms with Crippen LogP contribution in [0.15, 0.2) is 41.4 Å². The molecule has 0 amide bonds. The van der Waals surface area contributed by atoms with Crippen molar-refractivity contribution in [1.29, 1.82) is 0 Å². The molecule has 2 unspecified atom stereocenters. The summed E-state index contributed by atoms with van der Waals surface area (Å²) in [7, 11) is 1.83. The van der Waals surface area contributed by atoms with Crippen LogP contribution < -0.4 is 10.6 Å². The highest BCUT2D eigenvalue weighted by Gasteiger charge is 2.37. The van der Waals surface area contributed by atoms with Gasteiger partial charge in [-0.25, -0.2) is 0 Å². The molecular formula is C20H29N5. The Morgan fingerprint density at radius 1 is 1.24 bits per heavy atom. The number of aryl methyl sites for hydroxylation is 3. The van der Waals surface area contributed by atoms with Crippen LogP contribution in [0.2, 0.25) is 0 Å². The van der Waals surface area contributed by atoms with Crippen molar-refractivity contribution in [1.82, 2.24) is 20.4 Å². The van der Waals surface area contributed by atoms with Crippen LogP contribution in [0.1, 0.15) is 35.7 Å². The van der Waals surface area contributed by atoms with E-state index in [4.69, 9.17) is 0 Å². The van der Waals surface area contributed by atoms with E-state index in [2.05, 4.69) is 68.7 Å². The molecule has 5 heteroatoms. The number of hydrogen-bond donors (Lipinski definition) is 2. The molecule has 5 nitrogen and oxygen atoms in total. The molecule has 0 bridgehead atoms. The number of nitrogens with zero attached hydrogens (tertiary/aromatic N) is 3. The fourth-order valence-electron chi connectivity index (χ4n) is 3.37. The zero-order valence-electron chi connectivity index (χ0n) is 15.5. The molecule has 1 aliphatic rings. The molecule has 1 aliphatic carbocycles. The van der Waals surface area contributed by atoms with Crippen molar-refractivity contribution in [3.05, 3.63) is 53.3 Å². The van der Waals surface area contributed by atoms with Crippen molar-refractivity contribution in [2.75, 3.05) is 20.1 Å². The van der Waals surface area contributed by atoms with Gasteiger partial charge in [0.05, 0.1) is 5.69 Å². The van der Waals surface area contributed by atoms with Gasteiger partial charge in [0.15, 0.2) is 5.96 Å². The Hall–Kier alpha value is -2.30. The molecule has 134 valence electrons. The largest absolute Gasteiger partial charge is 0.356 e. The zero-order chi connectivity index (χ0) is 17.6. The highest BCUT2D eigenvalue weighted by Crippen LogP contribution is 2.46. The van der Waals surface area contributed by atoms with E-state index in [0.717, 1.165) is 43.6 Å². The molecule has 2 N–H and O–H groups in total. The molecule has 0 aliphatic heterocycles. The second-order valence-electron chi connectivity index (χ2n) is 6.90. The minimum Gasteiger partial charge on any atom is -0.356 e. The van der Waals surface area contributed by atoms with Gasteiger partial charge in [-0.1, -0.05) is 30.3 Å². The second-order valence-corrected chi connectivity index (χ2v) is 6.90. The van der Waals surface area contributed by atoms with Gasteiger partial charge in [0.2, 0.25) is 0 Å². The number of aromatic nitrogens is 2.